The molecule has 0 saturated carbocycles. The zero-order valence-electron chi connectivity index (χ0n) is 15.5. The molecule has 2 aromatic carbocycles. The Hall–Kier alpha value is -1.40. The number of hydrogen-bond donors (Lipinski definition) is 2. The number of carbonyl (C=O) groups is 2. The second-order valence-electron chi connectivity index (χ2n) is 6.18. The average molecular weight is 460 g/mol. The quantitative estimate of drug-likeness (QED) is 0.557. The van der Waals surface area contributed by atoms with E-state index in [0.717, 1.165) is 11.3 Å². The van der Waals surface area contributed by atoms with Crippen LogP contribution in [0.25, 0.3) is 0 Å². The molecule has 2 N–H and O–H groups in total. The van der Waals surface area contributed by atoms with E-state index in [9.17, 15) is 9.59 Å². The Kier molecular flexibility index (Phi) is 8.96. The molecular weight excluding hydrogens is 439 g/mol. The molecule has 0 fully saturated rings. The summed E-state index contributed by atoms with van der Waals surface area (Å²) >= 11 is 19.8. The van der Waals surface area contributed by atoms with Gasteiger partial charge in [-0.3, -0.25) is 9.59 Å². The van der Waals surface area contributed by atoms with Gasteiger partial charge in [0.2, 0.25) is 5.91 Å². The van der Waals surface area contributed by atoms with Crippen molar-refractivity contribution in [3.05, 3.63) is 68.7 Å². The van der Waals surface area contributed by atoms with Crippen LogP contribution < -0.4 is 10.6 Å². The van der Waals surface area contributed by atoms with Crippen LogP contribution >= 0.6 is 46.6 Å². The fraction of sp³-hybridized carbons (Fsp3) is 0.300. The van der Waals surface area contributed by atoms with E-state index in [1.165, 1.54) is 0 Å². The molecule has 0 spiro atoms. The minimum absolute atomic E-state index is 0.284. The summed E-state index contributed by atoms with van der Waals surface area (Å²) in [5.41, 5.74) is 1.08. The first-order valence-electron chi connectivity index (χ1n) is 8.63. The van der Waals surface area contributed by atoms with Crippen molar-refractivity contribution in [3.8, 4) is 0 Å². The molecule has 2 atom stereocenters. The van der Waals surface area contributed by atoms with E-state index in [0.29, 0.717) is 27.1 Å². The van der Waals surface area contributed by atoms with Crippen molar-refractivity contribution in [2.75, 3.05) is 12.0 Å². The third-order valence-corrected chi connectivity index (χ3v) is 5.67. The number of rotatable bonds is 8. The molecule has 0 saturated heterocycles. The first kappa shape index (κ1) is 22.9. The smallest absolute Gasteiger partial charge is 0.253 e. The molecule has 0 aliphatic heterocycles. The lowest BCUT2D eigenvalue weighted by Crippen LogP contribution is -2.47. The van der Waals surface area contributed by atoms with Crippen molar-refractivity contribution in [2.24, 2.45) is 0 Å². The summed E-state index contributed by atoms with van der Waals surface area (Å²) in [4.78, 5) is 25.4. The lowest BCUT2D eigenvalue weighted by Gasteiger charge is -2.22. The van der Waals surface area contributed by atoms with Gasteiger partial charge in [-0.2, -0.15) is 11.8 Å². The highest BCUT2D eigenvalue weighted by molar-refractivity contribution is 7.98. The molecule has 8 heteroatoms. The lowest BCUT2D eigenvalue weighted by molar-refractivity contribution is -0.123. The summed E-state index contributed by atoms with van der Waals surface area (Å²) in [6, 6.07) is 10.8. The van der Waals surface area contributed by atoms with Crippen LogP contribution in [0.1, 0.15) is 35.3 Å². The number of hydrogen-bond acceptors (Lipinski definition) is 3. The van der Waals surface area contributed by atoms with Crippen LogP contribution in [0.4, 0.5) is 0 Å². The van der Waals surface area contributed by atoms with Gasteiger partial charge in [0.15, 0.2) is 0 Å². The Bertz CT molecular complexity index is 848. The van der Waals surface area contributed by atoms with Gasteiger partial charge in [-0.05, 0) is 55.2 Å². The highest BCUT2D eigenvalue weighted by atomic mass is 35.5. The lowest BCUT2D eigenvalue weighted by atomic mass is 10.1. The van der Waals surface area contributed by atoms with Crippen molar-refractivity contribution >= 4 is 58.4 Å². The number of amides is 2. The van der Waals surface area contributed by atoms with Gasteiger partial charge in [0.25, 0.3) is 5.91 Å². The molecule has 2 unspecified atom stereocenters. The highest BCUT2D eigenvalue weighted by Gasteiger charge is 2.24. The van der Waals surface area contributed by atoms with Gasteiger partial charge < -0.3 is 10.6 Å². The second kappa shape index (κ2) is 11.0. The predicted molar refractivity (Wildman–Crippen MR) is 119 cm³/mol. The second-order valence-corrected chi connectivity index (χ2v) is 8.42. The monoisotopic (exact) mass is 458 g/mol. The van der Waals surface area contributed by atoms with Gasteiger partial charge in [-0.1, -0.05) is 53.0 Å². The van der Waals surface area contributed by atoms with Crippen molar-refractivity contribution in [1.82, 2.24) is 10.6 Å². The van der Waals surface area contributed by atoms with Crippen molar-refractivity contribution < 1.29 is 9.59 Å². The van der Waals surface area contributed by atoms with Crippen LogP contribution in [-0.4, -0.2) is 29.9 Å². The minimum atomic E-state index is -0.690. The average Bonchev–Trinajstić information content (AvgIpc) is 2.65. The summed E-state index contributed by atoms with van der Waals surface area (Å²) < 4.78 is 0. The highest BCUT2D eigenvalue weighted by Crippen LogP contribution is 2.26. The third kappa shape index (κ3) is 6.31. The first-order valence-corrected chi connectivity index (χ1v) is 11.2. The number of thioether (sulfide) groups is 1. The number of halogens is 3. The number of carbonyl (C=O) groups excluding carboxylic acids is 2. The Morgan fingerprint density at radius 1 is 1.04 bits per heavy atom. The van der Waals surface area contributed by atoms with Gasteiger partial charge in [0.05, 0.1) is 16.6 Å². The zero-order valence-corrected chi connectivity index (χ0v) is 18.6. The molecule has 2 amide bonds. The van der Waals surface area contributed by atoms with Gasteiger partial charge in [-0.15, -0.1) is 0 Å². The molecule has 0 heterocycles. The fourth-order valence-electron chi connectivity index (χ4n) is 2.63. The molecular formula is C20H21Cl3N2O2S. The SMILES string of the molecule is CSCCC(NC(=O)c1ccccc1Cl)C(=O)NC(C)c1ccc(Cl)cc1Cl. The maximum Gasteiger partial charge on any atom is 0.253 e. The van der Waals surface area contributed by atoms with E-state index < -0.39 is 6.04 Å². The Balaban J connectivity index is 2.11. The first-order chi connectivity index (χ1) is 13.3. The number of nitrogens with one attached hydrogen (secondary N) is 2. The van der Waals surface area contributed by atoms with E-state index >= 15 is 0 Å². The van der Waals surface area contributed by atoms with Crippen molar-refractivity contribution in [3.63, 3.8) is 0 Å². The topological polar surface area (TPSA) is 58.2 Å². The Labute approximate surface area is 184 Å². The molecule has 4 nitrogen and oxygen atoms in total. The molecule has 2 rings (SSSR count). The third-order valence-electron chi connectivity index (χ3n) is 4.14. The maximum atomic E-state index is 12.8. The summed E-state index contributed by atoms with van der Waals surface area (Å²) in [6.07, 6.45) is 2.44. The summed E-state index contributed by atoms with van der Waals surface area (Å²) in [5.74, 6) is 0.0498. The van der Waals surface area contributed by atoms with Gasteiger partial charge in [0, 0.05) is 10.0 Å². The Morgan fingerprint density at radius 3 is 2.39 bits per heavy atom. The van der Waals surface area contributed by atoms with Gasteiger partial charge in [-0.25, -0.2) is 0 Å². The standard InChI is InChI=1S/C20H21Cl3N2O2S/c1-12(14-8-7-13(21)11-17(14)23)24-20(27)18(9-10-28-2)25-19(26)15-5-3-4-6-16(15)22/h3-8,11-12,18H,9-10H2,1-2H3,(H,24,27)(H,25,26). The van der Waals surface area contributed by atoms with Gasteiger partial charge >= 0.3 is 0 Å². The normalized spacial score (nSPS) is 12.9. The predicted octanol–water partition coefficient (Wildman–Crippen LogP) is 5.38. The van der Waals surface area contributed by atoms with Crippen molar-refractivity contribution in [1.29, 1.82) is 0 Å². The fourth-order valence-corrected chi connectivity index (χ4v) is 3.90. The van der Waals surface area contributed by atoms with Crippen molar-refractivity contribution in [2.45, 2.75) is 25.4 Å². The Morgan fingerprint density at radius 2 is 1.75 bits per heavy atom. The molecule has 0 radical (unpaired) electrons. The molecule has 150 valence electrons. The van der Waals surface area contributed by atoms with E-state index in [4.69, 9.17) is 34.8 Å². The van der Waals surface area contributed by atoms with Crippen LogP contribution in [0.5, 0.6) is 0 Å². The van der Waals surface area contributed by atoms with E-state index in [1.807, 2.05) is 13.2 Å². The van der Waals surface area contributed by atoms with Crippen LogP contribution in [-0.2, 0) is 4.79 Å². The molecule has 0 aliphatic carbocycles. The van der Waals surface area contributed by atoms with E-state index in [-0.39, 0.29) is 17.9 Å². The molecule has 0 aromatic heterocycles. The summed E-state index contributed by atoms with van der Waals surface area (Å²) in [6.45, 7) is 1.83. The van der Waals surface area contributed by atoms with Crippen LogP contribution in [0.15, 0.2) is 42.5 Å². The zero-order chi connectivity index (χ0) is 20.7. The van der Waals surface area contributed by atoms with Gasteiger partial charge in [0.1, 0.15) is 6.04 Å². The summed E-state index contributed by atoms with van der Waals surface area (Å²) in [7, 11) is 0. The molecule has 0 aliphatic rings. The minimum Gasteiger partial charge on any atom is -0.348 e. The molecule has 2 aromatic rings. The molecule has 28 heavy (non-hydrogen) atoms. The number of benzene rings is 2. The van der Waals surface area contributed by atoms with Crippen LogP contribution in [0.2, 0.25) is 15.1 Å². The maximum absolute atomic E-state index is 12.8. The summed E-state index contributed by atoms with van der Waals surface area (Å²) in [5, 5.41) is 7.04. The van der Waals surface area contributed by atoms with Crippen LogP contribution in [0, 0.1) is 0 Å². The largest absolute Gasteiger partial charge is 0.348 e. The van der Waals surface area contributed by atoms with Crippen LogP contribution in [0.3, 0.4) is 0 Å². The van der Waals surface area contributed by atoms with E-state index in [2.05, 4.69) is 10.6 Å². The molecule has 0 bridgehead atoms. The van der Waals surface area contributed by atoms with E-state index in [1.54, 1.807) is 54.2 Å².